The first-order valence-electron chi connectivity index (χ1n) is 7.62. The number of fused-ring (bicyclic) bond motifs is 1. The van der Waals surface area contributed by atoms with Gasteiger partial charge in [-0.3, -0.25) is 9.59 Å². The predicted octanol–water partition coefficient (Wildman–Crippen LogP) is 4.59. The number of hydrogen-bond acceptors (Lipinski definition) is 2. The number of amides is 2. The van der Waals surface area contributed by atoms with Crippen molar-refractivity contribution >= 4 is 34.0 Å². The van der Waals surface area contributed by atoms with Crippen LogP contribution in [-0.4, -0.2) is 18.0 Å². The lowest BCUT2D eigenvalue weighted by Gasteiger charge is -2.10. The molecule has 0 spiro atoms. The molecule has 0 radical (unpaired) electrons. The van der Waals surface area contributed by atoms with Gasteiger partial charge in [-0.15, -0.1) is 0 Å². The molecule has 0 atom stereocenters. The molecule has 0 unspecified atom stereocenters. The van der Waals surface area contributed by atoms with E-state index in [1.54, 1.807) is 17.4 Å². The summed E-state index contributed by atoms with van der Waals surface area (Å²) in [4.78, 5) is 23.4. The highest BCUT2D eigenvalue weighted by Crippen LogP contribution is 2.22. The van der Waals surface area contributed by atoms with Crippen LogP contribution in [0.25, 0.3) is 10.8 Å². The highest BCUT2D eigenvalue weighted by Gasteiger charge is 2.38. The van der Waals surface area contributed by atoms with Gasteiger partial charge in [0.1, 0.15) is 0 Å². The van der Waals surface area contributed by atoms with Gasteiger partial charge >= 0.3 is 12.1 Å². The van der Waals surface area contributed by atoms with E-state index in [0.29, 0.717) is 11.3 Å². The topological polar surface area (TPSA) is 58.2 Å². The van der Waals surface area contributed by atoms with Gasteiger partial charge in [-0.05, 0) is 41.1 Å². The number of halogens is 3. The lowest BCUT2D eigenvalue weighted by atomic mass is 10.0. The number of nitrogens with one attached hydrogen (secondary N) is 2. The zero-order chi connectivity index (χ0) is 18.7. The molecule has 0 bridgehead atoms. The van der Waals surface area contributed by atoms with E-state index in [4.69, 9.17) is 0 Å². The minimum Gasteiger partial charge on any atom is -0.322 e. The molecule has 0 aromatic heterocycles. The Hall–Kier alpha value is -3.35. The Balaban J connectivity index is 1.75. The SMILES string of the molecule is O=C(Nc1ccc(NC(=O)C(F)(F)F)cc1)c1cccc2ccccc12. The molecule has 7 heteroatoms. The van der Waals surface area contributed by atoms with Crippen molar-refractivity contribution in [1.29, 1.82) is 0 Å². The van der Waals surface area contributed by atoms with E-state index >= 15 is 0 Å². The van der Waals surface area contributed by atoms with Crippen molar-refractivity contribution < 1.29 is 22.8 Å². The second kappa shape index (κ2) is 6.87. The summed E-state index contributed by atoms with van der Waals surface area (Å²) >= 11 is 0. The molecular weight excluding hydrogens is 345 g/mol. The zero-order valence-corrected chi connectivity index (χ0v) is 13.3. The van der Waals surface area contributed by atoms with E-state index in [2.05, 4.69) is 5.32 Å². The normalized spacial score (nSPS) is 11.2. The fraction of sp³-hybridized carbons (Fsp3) is 0.0526. The van der Waals surface area contributed by atoms with Crippen LogP contribution < -0.4 is 10.6 Å². The van der Waals surface area contributed by atoms with Crippen LogP contribution in [0.4, 0.5) is 24.5 Å². The summed E-state index contributed by atoms with van der Waals surface area (Å²) in [5.41, 5.74) is 0.862. The van der Waals surface area contributed by atoms with Crippen molar-refractivity contribution in [1.82, 2.24) is 0 Å². The number of carbonyl (C=O) groups is 2. The van der Waals surface area contributed by atoms with Crippen LogP contribution in [-0.2, 0) is 4.79 Å². The van der Waals surface area contributed by atoms with Gasteiger partial charge in [0, 0.05) is 16.9 Å². The van der Waals surface area contributed by atoms with E-state index in [1.807, 2.05) is 30.3 Å². The zero-order valence-electron chi connectivity index (χ0n) is 13.3. The molecule has 4 nitrogen and oxygen atoms in total. The molecular formula is C19H13F3N2O2. The maximum absolute atomic E-state index is 12.5. The average molecular weight is 358 g/mol. The maximum Gasteiger partial charge on any atom is 0.471 e. The summed E-state index contributed by atoms with van der Waals surface area (Å²) in [5.74, 6) is -2.39. The molecule has 0 aliphatic heterocycles. The smallest absolute Gasteiger partial charge is 0.322 e. The highest BCUT2D eigenvalue weighted by atomic mass is 19.4. The molecule has 132 valence electrons. The quantitative estimate of drug-likeness (QED) is 0.719. The third kappa shape index (κ3) is 3.83. The number of hydrogen-bond donors (Lipinski definition) is 2. The van der Waals surface area contributed by atoms with Gasteiger partial charge in [-0.25, -0.2) is 0 Å². The van der Waals surface area contributed by atoms with Crippen LogP contribution in [0.1, 0.15) is 10.4 Å². The first-order valence-corrected chi connectivity index (χ1v) is 7.62. The predicted molar refractivity (Wildman–Crippen MR) is 93.0 cm³/mol. The summed E-state index contributed by atoms with van der Waals surface area (Å²) in [6, 6.07) is 18.2. The Morgan fingerprint density at radius 2 is 1.31 bits per heavy atom. The van der Waals surface area contributed by atoms with E-state index in [0.717, 1.165) is 10.8 Å². The first kappa shape index (κ1) is 17.5. The molecule has 2 N–H and O–H groups in total. The van der Waals surface area contributed by atoms with Gasteiger partial charge in [0.05, 0.1) is 0 Å². The van der Waals surface area contributed by atoms with Crippen molar-refractivity contribution in [3.05, 3.63) is 72.3 Å². The monoisotopic (exact) mass is 358 g/mol. The Kier molecular flexibility index (Phi) is 4.62. The van der Waals surface area contributed by atoms with Gasteiger partial charge in [0.25, 0.3) is 5.91 Å². The summed E-state index contributed by atoms with van der Waals surface area (Å²) < 4.78 is 36.7. The van der Waals surface area contributed by atoms with E-state index in [1.165, 1.54) is 24.3 Å². The number of benzene rings is 3. The Bertz CT molecular complexity index is 961. The van der Waals surface area contributed by atoms with Crippen LogP contribution in [0.3, 0.4) is 0 Å². The summed E-state index contributed by atoms with van der Waals surface area (Å²) in [5, 5.41) is 6.14. The first-order chi connectivity index (χ1) is 12.3. The Morgan fingerprint density at radius 1 is 0.731 bits per heavy atom. The van der Waals surface area contributed by atoms with Gasteiger partial charge in [0.15, 0.2) is 0 Å². The van der Waals surface area contributed by atoms with Crippen LogP contribution in [0.5, 0.6) is 0 Å². The average Bonchev–Trinajstić information content (AvgIpc) is 2.62. The minimum absolute atomic E-state index is 0.0181. The third-order valence-electron chi connectivity index (χ3n) is 3.69. The molecule has 3 aromatic carbocycles. The maximum atomic E-state index is 12.5. The molecule has 26 heavy (non-hydrogen) atoms. The van der Waals surface area contributed by atoms with Crippen LogP contribution >= 0.6 is 0 Å². The third-order valence-corrected chi connectivity index (χ3v) is 3.69. The minimum atomic E-state index is -4.96. The van der Waals surface area contributed by atoms with Crippen molar-refractivity contribution in [2.24, 2.45) is 0 Å². The van der Waals surface area contributed by atoms with Crippen LogP contribution in [0.15, 0.2) is 66.7 Å². The fourth-order valence-electron chi connectivity index (χ4n) is 2.46. The Morgan fingerprint density at radius 3 is 1.96 bits per heavy atom. The fourth-order valence-corrected chi connectivity index (χ4v) is 2.46. The summed E-state index contributed by atoms with van der Waals surface area (Å²) in [7, 11) is 0. The van der Waals surface area contributed by atoms with Crippen molar-refractivity contribution in [2.45, 2.75) is 6.18 Å². The molecule has 2 amide bonds. The molecule has 0 aliphatic carbocycles. The van der Waals surface area contributed by atoms with Crippen molar-refractivity contribution in [3.8, 4) is 0 Å². The lowest BCUT2D eigenvalue weighted by Crippen LogP contribution is -2.29. The number of carbonyl (C=O) groups excluding carboxylic acids is 2. The van der Waals surface area contributed by atoms with Crippen molar-refractivity contribution in [3.63, 3.8) is 0 Å². The number of alkyl halides is 3. The van der Waals surface area contributed by atoms with Gasteiger partial charge in [-0.2, -0.15) is 13.2 Å². The standard InChI is InChI=1S/C19H13F3N2O2/c20-19(21,22)18(26)24-14-10-8-13(9-11-14)23-17(25)16-7-3-5-12-4-1-2-6-15(12)16/h1-11H,(H,23,25)(H,24,26). The van der Waals surface area contributed by atoms with E-state index in [-0.39, 0.29) is 11.6 Å². The summed E-state index contributed by atoms with van der Waals surface area (Å²) in [6.45, 7) is 0. The number of rotatable bonds is 3. The molecule has 0 fully saturated rings. The van der Waals surface area contributed by atoms with E-state index in [9.17, 15) is 22.8 Å². The van der Waals surface area contributed by atoms with Crippen molar-refractivity contribution in [2.75, 3.05) is 10.6 Å². The van der Waals surface area contributed by atoms with Crippen LogP contribution in [0.2, 0.25) is 0 Å². The molecule has 0 heterocycles. The highest BCUT2D eigenvalue weighted by molar-refractivity contribution is 6.13. The summed E-state index contributed by atoms with van der Waals surface area (Å²) in [6.07, 6.45) is -4.96. The molecule has 3 aromatic rings. The largest absolute Gasteiger partial charge is 0.471 e. The molecule has 3 rings (SSSR count). The van der Waals surface area contributed by atoms with Gasteiger partial charge < -0.3 is 10.6 Å². The van der Waals surface area contributed by atoms with Gasteiger partial charge in [-0.1, -0.05) is 36.4 Å². The Labute approximate surface area is 146 Å². The molecule has 0 aliphatic rings. The second-order valence-electron chi connectivity index (χ2n) is 5.51. The van der Waals surface area contributed by atoms with E-state index < -0.39 is 12.1 Å². The second-order valence-corrected chi connectivity index (χ2v) is 5.51. The molecule has 0 saturated carbocycles. The number of anilines is 2. The van der Waals surface area contributed by atoms with Gasteiger partial charge in [0.2, 0.25) is 0 Å². The van der Waals surface area contributed by atoms with Crippen LogP contribution in [0, 0.1) is 0 Å². The molecule has 0 saturated heterocycles. The lowest BCUT2D eigenvalue weighted by molar-refractivity contribution is -0.167.